The van der Waals surface area contributed by atoms with Gasteiger partial charge in [-0.25, -0.2) is 13.2 Å². The lowest BCUT2D eigenvalue weighted by Gasteiger charge is -2.11. The molecule has 21 heavy (non-hydrogen) atoms. The highest BCUT2D eigenvalue weighted by atomic mass is 19.4. The summed E-state index contributed by atoms with van der Waals surface area (Å²) in [4.78, 5) is 2.77. The van der Waals surface area contributed by atoms with Crippen molar-refractivity contribution in [2.24, 2.45) is 0 Å². The van der Waals surface area contributed by atoms with Crippen LogP contribution in [0, 0.1) is 23.4 Å². The van der Waals surface area contributed by atoms with Gasteiger partial charge in [0, 0.05) is 6.07 Å². The minimum absolute atomic E-state index is 0.117. The van der Waals surface area contributed by atoms with Crippen molar-refractivity contribution in [1.82, 2.24) is 4.98 Å². The Labute approximate surface area is 112 Å². The lowest BCUT2D eigenvalue weighted by Crippen LogP contribution is -2.08. The Balaban J connectivity index is 2.39. The van der Waals surface area contributed by atoms with Crippen LogP contribution in [0.1, 0.15) is 5.56 Å². The van der Waals surface area contributed by atoms with Crippen molar-refractivity contribution in [3.05, 3.63) is 53.2 Å². The van der Waals surface area contributed by atoms with Crippen LogP contribution in [0.3, 0.4) is 0 Å². The molecule has 0 fully saturated rings. The van der Waals surface area contributed by atoms with Crippen molar-refractivity contribution in [3.63, 3.8) is 0 Å². The van der Waals surface area contributed by atoms with Crippen LogP contribution in [0.2, 0.25) is 0 Å². The van der Waals surface area contributed by atoms with Crippen molar-refractivity contribution >= 4 is 0 Å². The Morgan fingerprint density at radius 1 is 0.857 bits per heavy atom. The van der Waals surface area contributed by atoms with E-state index in [1.54, 1.807) is 0 Å². The van der Waals surface area contributed by atoms with E-state index in [2.05, 4.69) is 9.72 Å². The van der Waals surface area contributed by atoms with Gasteiger partial charge in [-0.15, -0.1) is 0 Å². The number of benzene rings is 1. The van der Waals surface area contributed by atoms with Gasteiger partial charge in [0.05, 0.1) is 5.56 Å². The molecule has 1 heterocycles. The Morgan fingerprint density at radius 2 is 1.52 bits per heavy atom. The maximum atomic E-state index is 13.2. The zero-order chi connectivity index (χ0) is 15.8. The van der Waals surface area contributed by atoms with Gasteiger partial charge in [0.2, 0.25) is 0 Å². The SMILES string of the molecule is Fc1ccc(Oc2nc(F)c(F)cc2F)cc1C(F)(F)F. The van der Waals surface area contributed by atoms with Crippen LogP contribution < -0.4 is 4.74 Å². The highest BCUT2D eigenvalue weighted by Crippen LogP contribution is 2.34. The van der Waals surface area contributed by atoms with Crippen LogP contribution in [-0.2, 0) is 6.18 Å². The van der Waals surface area contributed by atoms with Crippen molar-refractivity contribution in [2.75, 3.05) is 0 Å². The van der Waals surface area contributed by atoms with Crippen molar-refractivity contribution in [3.8, 4) is 11.6 Å². The predicted molar refractivity (Wildman–Crippen MR) is 55.6 cm³/mol. The fourth-order valence-electron chi connectivity index (χ4n) is 1.40. The lowest BCUT2D eigenvalue weighted by atomic mass is 10.2. The molecule has 0 amide bonds. The smallest absolute Gasteiger partial charge is 0.419 e. The summed E-state index contributed by atoms with van der Waals surface area (Å²) in [6.07, 6.45) is -5.00. The molecule has 0 aliphatic heterocycles. The Kier molecular flexibility index (Phi) is 3.75. The number of hydrogen-bond acceptors (Lipinski definition) is 2. The molecule has 2 rings (SSSR count). The van der Waals surface area contributed by atoms with Crippen LogP contribution in [0.5, 0.6) is 11.6 Å². The molecule has 0 radical (unpaired) electrons. The number of rotatable bonds is 2. The van der Waals surface area contributed by atoms with Gasteiger partial charge in [-0.2, -0.15) is 22.5 Å². The van der Waals surface area contributed by atoms with Gasteiger partial charge in [0.1, 0.15) is 11.6 Å². The largest absolute Gasteiger partial charge is 0.436 e. The fraction of sp³-hybridized carbons (Fsp3) is 0.0833. The molecule has 0 saturated heterocycles. The molecule has 2 nitrogen and oxygen atoms in total. The number of halogens is 7. The standard InChI is InChI=1S/C12H4F7NO/c13-7-2-1-5(3-6(7)12(17,18)19)21-11-9(15)4-8(14)10(16)20-11/h1-4H. The zero-order valence-corrected chi connectivity index (χ0v) is 9.81. The van der Waals surface area contributed by atoms with E-state index in [4.69, 9.17) is 0 Å². The molecular formula is C12H4F7NO. The second-order valence-electron chi connectivity index (χ2n) is 3.79. The number of aromatic nitrogens is 1. The molecule has 0 saturated carbocycles. The summed E-state index contributed by atoms with van der Waals surface area (Å²) in [6.45, 7) is 0. The third kappa shape index (κ3) is 3.23. The van der Waals surface area contributed by atoms with Gasteiger partial charge in [0.25, 0.3) is 11.8 Å². The molecule has 0 atom stereocenters. The van der Waals surface area contributed by atoms with E-state index in [1.807, 2.05) is 0 Å². The van der Waals surface area contributed by atoms with E-state index < -0.39 is 46.8 Å². The number of nitrogens with zero attached hydrogens (tertiary/aromatic N) is 1. The highest BCUT2D eigenvalue weighted by molar-refractivity contribution is 5.34. The first kappa shape index (κ1) is 15.1. The molecule has 112 valence electrons. The van der Waals surface area contributed by atoms with Crippen LogP contribution in [-0.4, -0.2) is 4.98 Å². The number of alkyl halides is 3. The quantitative estimate of drug-likeness (QED) is 0.604. The van der Waals surface area contributed by atoms with Crippen molar-refractivity contribution in [1.29, 1.82) is 0 Å². The molecule has 0 aliphatic carbocycles. The van der Waals surface area contributed by atoms with Crippen LogP contribution in [0.15, 0.2) is 24.3 Å². The number of pyridine rings is 1. The summed E-state index contributed by atoms with van der Waals surface area (Å²) in [5.74, 6) is -7.98. The minimum Gasteiger partial charge on any atom is -0.436 e. The molecule has 2 aromatic rings. The van der Waals surface area contributed by atoms with Gasteiger partial charge in [-0.3, -0.25) is 0 Å². The molecule has 0 aliphatic rings. The topological polar surface area (TPSA) is 22.1 Å². The van der Waals surface area contributed by atoms with Crippen molar-refractivity contribution in [2.45, 2.75) is 6.18 Å². The van der Waals surface area contributed by atoms with E-state index in [1.165, 1.54) is 0 Å². The number of hydrogen-bond donors (Lipinski definition) is 0. The average Bonchev–Trinajstić information content (AvgIpc) is 2.37. The Bertz CT molecular complexity index is 684. The summed E-state index contributed by atoms with van der Waals surface area (Å²) < 4.78 is 93.7. The molecule has 1 aromatic carbocycles. The molecule has 1 aromatic heterocycles. The molecule has 0 N–H and O–H groups in total. The summed E-state index contributed by atoms with van der Waals surface area (Å²) >= 11 is 0. The summed E-state index contributed by atoms with van der Waals surface area (Å²) in [5, 5.41) is 0. The fourth-order valence-corrected chi connectivity index (χ4v) is 1.40. The van der Waals surface area contributed by atoms with E-state index >= 15 is 0 Å². The first-order chi connectivity index (χ1) is 9.68. The first-order valence-corrected chi connectivity index (χ1v) is 5.24. The second kappa shape index (κ2) is 5.23. The van der Waals surface area contributed by atoms with Crippen LogP contribution in [0.25, 0.3) is 0 Å². The number of ether oxygens (including phenoxy) is 1. The zero-order valence-electron chi connectivity index (χ0n) is 9.81. The van der Waals surface area contributed by atoms with Gasteiger partial charge in [-0.05, 0) is 18.2 Å². The minimum atomic E-state index is -5.00. The van der Waals surface area contributed by atoms with Gasteiger partial charge in [-0.1, -0.05) is 0 Å². The van der Waals surface area contributed by atoms with E-state index in [0.717, 1.165) is 6.07 Å². The molecule has 9 heteroatoms. The van der Waals surface area contributed by atoms with E-state index in [0.29, 0.717) is 6.07 Å². The van der Waals surface area contributed by atoms with E-state index in [-0.39, 0.29) is 12.1 Å². The molecular weight excluding hydrogens is 307 g/mol. The molecule has 0 unspecified atom stereocenters. The molecule has 0 spiro atoms. The van der Waals surface area contributed by atoms with Gasteiger partial charge in [0.15, 0.2) is 11.6 Å². The van der Waals surface area contributed by atoms with E-state index in [9.17, 15) is 30.7 Å². The normalized spacial score (nSPS) is 11.6. The second-order valence-corrected chi connectivity index (χ2v) is 3.79. The summed E-state index contributed by atoms with van der Waals surface area (Å²) in [7, 11) is 0. The van der Waals surface area contributed by atoms with Gasteiger partial charge < -0.3 is 4.74 Å². The highest BCUT2D eigenvalue weighted by Gasteiger charge is 2.34. The van der Waals surface area contributed by atoms with Crippen LogP contribution in [0.4, 0.5) is 30.7 Å². The Morgan fingerprint density at radius 3 is 2.14 bits per heavy atom. The van der Waals surface area contributed by atoms with Gasteiger partial charge >= 0.3 is 6.18 Å². The summed E-state index contributed by atoms with van der Waals surface area (Å²) in [5.41, 5.74) is -1.65. The predicted octanol–water partition coefficient (Wildman–Crippen LogP) is 4.45. The average molecular weight is 311 g/mol. The first-order valence-electron chi connectivity index (χ1n) is 5.24. The maximum absolute atomic E-state index is 13.2. The monoisotopic (exact) mass is 311 g/mol. The van der Waals surface area contributed by atoms with Crippen LogP contribution >= 0.6 is 0 Å². The maximum Gasteiger partial charge on any atom is 0.419 e. The lowest BCUT2D eigenvalue weighted by molar-refractivity contribution is -0.140. The Hall–Kier alpha value is -2.32. The third-order valence-electron chi connectivity index (χ3n) is 2.31. The molecule has 0 bridgehead atoms. The third-order valence-corrected chi connectivity index (χ3v) is 2.31. The van der Waals surface area contributed by atoms with Crippen molar-refractivity contribution < 1.29 is 35.5 Å². The summed E-state index contributed by atoms with van der Waals surface area (Å²) in [6, 6.07) is 1.56.